The molecule has 0 aliphatic carbocycles. The van der Waals surface area contributed by atoms with Crippen LogP contribution in [0.4, 0.5) is 4.39 Å². The first kappa shape index (κ1) is 15.4. The van der Waals surface area contributed by atoms with Crippen LogP contribution in [0.25, 0.3) is 11.3 Å². The van der Waals surface area contributed by atoms with Crippen molar-refractivity contribution >= 4 is 21.9 Å². The molecule has 0 saturated carbocycles. The Morgan fingerprint density at radius 1 is 1.17 bits per heavy atom. The van der Waals surface area contributed by atoms with E-state index in [2.05, 4.69) is 21.1 Å². The zero-order valence-corrected chi connectivity index (χ0v) is 13.4. The third-order valence-electron chi connectivity index (χ3n) is 3.12. The Labute approximate surface area is 140 Å². The van der Waals surface area contributed by atoms with E-state index < -0.39 is 11.8 Å². The van der Waals surface area contributed by atoms with Gasteiger partial charge in [-0.2, -0.15) is 0 Å². The number of carbonyl (C=O) groups is 1. The van der Waals surface area contributed by atoms with Gasteiger partial charge in [0.05, 0.1) is 5.56 Å². The second kappa shape index (κ2) is 6.75. The summed E-state index contributed by atoms with van der Waals surface area (Å²) in [6, 6.07) is 15.3. The zero-order valence-electron chi connectivity index (χ0n) is 11.8. The second-order valence-corrected chi connectivity index (χ2v) is 5.66. The van der Waals surface area contributed by atoms with Gasteiger partial charge in [-0.05, 0) is 18.2 Å². The highest BCUT2D eigenvalue weighted by molar-refractivity contribution is 9.10. The minimum Gasteiger partial charge on any atom is -0.455 e. The average molecular weight is 376 g/mol. The van der Waals surface area contributed by atoms with Gasteiger partial charge in [0.25, 0.3) is 0 Å². The molecule has 0 radical (unpaired) electrons. The monoisotopic (exact) mass is 375 g/mol. The lowest BCUT2D eigenvalue weighted by atomic mass is 10.2. The summed E-state index contributed by atoms with van der Waals surface area (Å²) >= 11 is 3.13. The Kier molecular flexibility index (Phi) is 4.52. The van der Waals surface area contributed by atoms with Gasteiger partial charge in [0.2, 0.25) is 0 Å². The third kappa shape index (κ3) is 3.65. The molecule has 116 valence electrons. The molecule has 3 rings (SSSR count). The summed E-state index contributed by atoms with van der Waals surface area (Å²) in [5, 5.41) is 3.84. The number of hydrogen-bond acceptors (Lipinski definition) is 4. The van der Waals surface area contributed by atoms with Crippen molar-refractivity contribution in [1.29, 1.82) is 0 Å². The van der Waals surface area contributed by atoms with E-state index in [0.717, 1.165) is 5.56 Å². The highest BCUT2D eigenvalue weighted by atomic mass is 79.9. The van der Waals surface area contributed by atoms with E-state index in [9.17, 15) is 9.18 Å². The summed E-state index contributed by atoms with van der Waals surface area (Å²) in [5.74, 6) is -0.819. The summed E-state index contributed by atoms with van der Waals surface area (Å²) in [6.07, 6.45) is 0. The summed E-state index contributed by atoms with van der Waals surface area (Å²) in [6.45, 7) is -0.0926. The Hall–Kier alpha value is -2.47. The van der Waals surface area contributed by atoms with Crippen LogP contribution in [0, 0.1) is 5.82 Å². The van der Waals surface area contributed by atoms with Gasteiger partial charge in [-0.25, -0.2) is 9.18 Å². The van der Waals surface area contributed by atoms with Crippen molar-refractivity contribution in [2.24, 2.45) is 0 Å². The molecule has 0 N–H and O–H groups in total. The SMILES string of the molecule is O=C(OCc1cc(-c2ccccc2)on1)c1ccc(Br)cc1F. The van der Waals surface area contributed by atoms with Gasteiger partial charge in [-0.1, -0.05) is 51.4 Å². The van der Waals surface area contributed by atoms with Crippen LogP contribution in [-0.2, 0) is 11.3 Å². The smallest absolute Gasteiger partial charge is 0.341 e. The molecule has 0 bridgehead atoms. The minimum atomic E-state index is -0.751. The lowest BCUT2D eigenvalue weighted by molar-refractivity contribution is 0.0459. The van der Waals surface area contributed by atoms with E-state index >= 15 is 0 Å². The predicted octanol–water partition coefficient (Wildman–Crippen LogP) is 4.60. The molecule has 2 aromatic carbocycles. The molecule has 0 atom stereocenters. The fraction of sp³-hybridized carbons (Fsp3) is 0.0588. The van der Waals surface area contributed by atoms with Crippen molar-refractivity contribution in [1.82, 2.24) is 5.16 Å². The van der Waals surface area contributed by atoms with Gasteiger partial charge in [-0.3, -0.25) is 0 Å². The first-order valence-electron chi connectivity index (χ1n) is 6.76. The van der Waals surface area contributed by atoms with Gasteiger partial charge in [0, 0.05) is 16.1 Å². The van der Waals surface area contributed by atoms with Crippen molar-refractivity contribution in [2.45, 2.75) is 6.61 Å². The Morgan fingerprint density at radius 2 is 1.96 bits per heavy atom. The maximum absolute atomic E-state index is 13.7. The van der Waals surface area contributed by atoms with Crippen LogP contribution < -0.4 is 0 Å². The second-order valence-electron chi connectivity index (χ2n) is 4.75. The zero-order chi connectivity index (χ0) is 16.2. The van der Waals surface area contributed by atoms with Crippen LogP contribution in [0.5, 0.6) is 0 Å². The van der Waals surface area contributed by atoms with Gasteiger partial charge in [0.15, 0.2) is 5.76 Å². The van der Waals surface area contributed by atoms with Crippen molar-refractivity contribution in [3.05, 3.63) is 76.1 Å². The van der Waals surface area contributed by atoms with Crippen molar-refractivity contribution in [3.8, 4) is 11.3 Å². The summed E-state index contributed by atoms with van der Waals surface area (Å²) in [5.41, 5.74) is 1.20. The van der Waals surface area contributed by atoms with E-state index in [1.165, 1.54) is 12.1 Å². The summed E-state index contributed by atoms with van der Waals surface area (Å²) in [4.78, 5) is 11.9. The van der Waals surface area contributed by atoms with E-state index in [1.807, 2.05) is 30.3 Å². The van der Waals surface area contributed by atoms with E-state index in [-0.39, 0.29) is 12.2 Å². The minimum absolute atomic E-state index is 0.0926. The molecule has 1 heterocycles. The van der Waals surface area contributed by atoms with Gasteiger partial charge >= 0.3 is 5.97 Å². The molecule has 0 amide bonds. The van der Waals surface area contributed by atoms with Crippen LogP contribution in [-0.4, -0.2) is 11.1 Å². The number of halogens is 2. The van der Waals surface area contributed by atoms with Crippen LogP contribution in [0.15, 0.2) is 63.6 Å². The van der Waals surface area contributed by atoms with E-state index in [0.29, 0.717) is 15.9 Å². The van der Waals surface area contributed by atoms with Gasteiger partial charge < -0.3 is 9.26 Å². The highest BCUT2D eigenvalue weighted by Crippen LogP contribution is 2.21. The normalized spacial score (nSPS) is 10.5. The van der Waals surface area contributed by atoms with E-state index in [1.54, 1.807) is 12.1 Å². The third-order valence-corrected chi connectivity index (χ3v) is 3.61. The topological polar surface area (TPSA) is 52.3 Å². The Balaban J connectivity index is 1.67. The van der Waals surface area contributed by atoms with Crippen LogP contribution in [0.3, 0.4) is 0 Å². The fourth-order valence-corrected chi connectivity index (χ4v) is 2.32. The highest BCUT2D eigenvalue weighted by Gasteiger charge is 2.15. The number of rotatable bonds is 4. The molecule has 0 fully saturated rings. The van der Waals surface area contributed by atoms with Crippen molar-refractivity contribution < 1.29 is 18.4 Å². The number of benzene rings is 2. The summed E-state index contributed by atoms with van der Waals surface area (Å²) in [7, 11) is 0. The van der Waals surface area contributed by atoms with E-state index in [4.69, 9.17) is 9.26 Å². The van der Waals surface area contributed by atoms with Crippen molar-refractivity contribution in [2.75, 3.05) is 0 Å². The number of hydrogen-bond donors (Lipinski definition) is 0. The number of nitrogens with zero attached hydrogens (tertiary/aromatic N) is 1. The molecule has 0 unspecified atom stereocenters. The maximum Gasteiger partial charge on any atom is 0.341 e. The lowest BCUT2D eigenvalue weighted by Gasteiger charge is -2.03. The molecule has 1 aromatic heterocycles. The lowest BCUT2D eigenvalue weighted by Crippen LogP contribution is -2.07. The molecule has 0 spiro atoms. The number of aromatic nitrogens is 1. The van der Waals surface area contributed by atoms with Gasteiger partial charge in [0.1, 0.15) is 18.1 Å². The molecule has 0 aliphatic heterocycles. The molecule has 23 heavy (non-hydrogen) atoms. The molecular weight excluding hydrogens is 365 g/mol. The summed E-state index contributed by atoms with van der Waals surface area (Å²) < 4.78 is 24.5. The molecular formula is C17H11BrFNO3. The fourth-order valence-electron chi connectivity index (χ4n) is 1.99. The number of esters is 1. The van der Waals surface area contributed by atoms with Gasteiger partial charge in [-0.15, -0.1) is 0 Å². The molecule has 3 aromatic rings. The maximum atomic E-state index is 13.7. The predicted molar refractivity (Wildman–Crippen MR) is 85.2 cm³/mol. The quantitative estimate of drug-likeness (QED) is 0.625. The number of carbonyl (C=O) groups excluding carboxylic acids is 1. The molecule has 4 nitrogen and oxygen atoms in total. The first-order valence-corrected chi connectivity index (χ1v) is 7.56. The van der Waals surface area contributed by atoms with Crippen LogP contribution in [0.2, 0.25) is 0 Å². The first-order chi connectivity index (χ1) is 11.1. The van der Waals surface area contributed by atoms with Crippen LogP contribution >= 0.6 is 15.9 Å². The molecule has 0 aliphatic rings. The number of ether oxygens (including phenoxy) is 1. The average Bonchev–Trinajstić information content (AvgIpc) is 3.02. The van der Waals surface area contributed by atoms with Crippen LogP contribution in [0.1, 0.15) is 16.1 Å². The molecule has 0 saturated heterocycles. The Morgan fingerprint density at radius 3 is 2.70 bits per heavy atom. The van der Waals surface area contributed by atoms with Crippen molar-refractivity contribution in [3.63, 3.8) is 0 Å². The standard InChI is InChI=1S/C17H11BrFNO3/c18-12-6-7-14(15(19)8-12)17(21)22-10-13-9-16(23-20-13)11-4-2-1-3-5-11/h1-9H,10H2. The molecule has 6 heteroatoms. The Bertz CT molecular complexity index is 833. The largest absolute Gasteiger partial charge is 0.455 e.